The Kier molecular flexibility index (Phi) is 5.38. The smallest absolute Gasteiger partial charge is 0.268 e. The van der Waals surface area contributed by atoms with Gasteiger partial charge < -0.3 is 10.1 Å². The number of ether oxygens (including phenoxy) is 1. The van der Waals surface area contributed by atoms with Crippen LogP contribution in [0.5, 0.6) is 5.75 Å². The summed E-state index contributed by atoms with van der Waals surface area (Å²) in [5.41, 5.74) is 0.684. The quantitative estimate of drug-likeness (QED) is 0.863. The highest BCUT2D eigenvalue weighted by Gasteiger charge is 2.34. The largest absolute Gasteiger partial charge is 0.478 e. The minimum absolute atomic E-state index is 0.0617. The van der Waals surface area contributed by atoms with Crippen LogP contribution in [0.2, 0.25) is 0 Å². The molecular weight excluding hydrogens is 304 g/mol. The van der Waals surface area contributed by atoms with Crippen molar-refractivity contribution in [3.8, 4) is 5.75 Å². The lowest BCUT2D eigenvalue weighted by molar-refractivity contribution is -0.129. The summed E-state index contributed by atoms with van der Waals surface area (Å²) in [5, 5.41) is 3.12. The van der Waals surface area contributed by atoms with Crippen LogP contribution < -0.4 is 15.0 Å². The fraction of sp³-hybridized carbons (Fsp3) is 0.579. The number of hydrogen-bond acceptors (Lipinski definition) is 3. The highest BCUT2D eigenvalue weighted by atomic mass is 16.5. The Balaban J connectivity index is 1.70. The highest BCUT2D eigenvalue weighted by molar-refractivity contribution is 6.03. The van der Waals surface area contributed by atoms with Crippen molar-refractivity contribution in [3.05, 3.63) is 24.3 Å². The van der Waals surface area contributed by atoms with E-state index in [1.807, 2.05) is 31.2 Å². The molecule has 3 rings (SSSR count). The summed E-state index contributed by atoms with van der Waals surface area (Å²) in [5.74, 6) is 0.459. The van der Waals surface area contributed by atoms with Crippen molar-refractivity contribution in [1.82, 2.24) is 5.32 Å². The van der Waals surface area contributed by atoms with Crippen LogP contribution in [0.25, 0.3) is 0 Å². The molecule has 0 saturated heterocycles. The van der Waals surface area contributed by atoms with Crippen molar-refractivity contribution in [2.75, 3.05) is 11.4 Å². The number of amides is 2. The van der Waals surface area contributed by atoms with E-state index in [-0.39, 0.29) is 24.4 Å². The Morgan fingerprint density at radius 2 is 1.92 bits per heavy atom. The van der Waals surface area contributed by atoms with Gasteiger partial charge in [0.25, 0.3) is 5.91 Å². The molecule has 1 saturated carbocycles. The van der Waals surface area contributed by atoms with Gasteiger partial charge in [0, 0.05) is 6.04 Å². The maximum atomic E-state index is 12.6. The lowest BCUT2D eigenvalue weighted by Crippen LogP contribution is -2.50. The standard InChI is InChI=1S/C19H26N2O3/c1-2-16-19(23)21(15-11-7-8-12-17(15)24-16)13-18(22)20-14-9-5-3-4-6-10-14/h7-8,11-12,14,16H,2-6,9-10,13H2,1H3,(H,20,22). The van der Waals surface area contributed by atoms with E-state index in [9.17, 15) is 9.59 Å². The number of para-hydroxylation sites is 2. The zero-order valence-electron chi connectivity index (χ0n) is 14.3. The topological polar surface area (TPSA) is 58.6 Å². The van der Waals surface area contributed by atoms with Gasteiger partial charge in [-0.3, -0.25) is 14.5 Å². The molecule has 1 N–H and O–H groups in total. The van der Waals surface area contributed by atoms with Crippen LogP contribution in [0.3, 0.4) is 0 Å². The maximum absolute atomic E-state index is 12.6. The SMILES string of the molecule is CCC1Oc2ccccc2N(CC(=O)NC2CCCCCC2)C1=O. The van der Waals surface area contributed by atoms with E-state index in [1.165, 1.54) is 25.7 Å². The fourth-order valence-corrected chi connectivity index (χ4v) is 3.54. The first-order chi connectivity index (χ1) is 11.7. The zero-order chi connectivity index (χ0) is 16.9. The molecular formula is C19H26N2O3. The third-order valence-corrected chi connectivity index (χ3v) is 4.86. The van der Waals surface area contributed by atoms with Crippen LogP contribution in [0, 0.1) is 0 Å². The number of carbonyl (C=O) groups is 2. The summed E-state index contributed by atoms with van der Waals surface area (Å²) in [6.45, 7) is 1.98. The van der Waals surface area contributed by atoms with Gasteiger partial charge in [-0.05, 0) is 31.4 Å². The van der Waals surface area contributed by atoms with Gasteiger partial charge in [0.2, 0.25) is 5.91 Å². The third kappa shape index (κ3) is 3.71. The minimum Gasteiger partial charge on any atom is -0.478 e. The summed E-state index contributed by atoms with van der Waals surface area (Å²) in [6, 6.07) is 7.66. The van der Waals surface area contributed by atoms with Gasteiger partial charge in [-0.25, -0.2) is 0 Å². The van der Waals surface area contributed by atoms with E-state index in [0.717, 1.165) is 12.8 Å². The van der Waals surface area contributed by atoms with E-state index < -0.39 is 6.10 Å². The number of carbonyl (C=O) groups excluding carboxylic acids is 2. The van der Waals surface area contributed by atoms with Gasteiger partial charge in [0.1, 0.15) is 12.3 Å². The van der Waals surface area contributed by atoms with Gasteiger partial charge in [0.05, 0.1) is 5.69 Å². The molecule has 2 amide bonds. The van der Waals surface area contributed by atoms with Crippen molar-refractivity contribution in [2.45, 2.75) is 64.0 Å². The molecule has 0 spiro atoms. The van der Waals surface area contributed by atoms with Crippen molar-refractivity contribution < 1.29 is 14.3 Å². The molecule has 2 aliphatic rings. The van der Waals surface area contributed by atoms with E-state index in [0.29, 0.717) is 17.9 Å². The van der Waals surface area contributed by atoms with Gasteiger partial charge >= 0.3 is 0 Å². The summed E-state index contributed by atoms with van der Waals surface area (Å²) < 4.78 is 5.75. The van der Waals surface area contributed by atoms with E-state index in [4.69, 9.17) is 4.74 Å². The second kappa shape index (κ2) is 7.69. The predicted molar refractivity (Wildman–Crippen MR) is 93.1 cm³/mol. The minimum atomic E-state index is -0.509. The van der Waals surface area contributed by atoms with Crippen molar-refractivity contribution in [2.24, 2.45) is 0 Å². The zero-order valence-corrected chi connectivity index (χ0v) is 14.3. The molecule has 1 aliphatic heterocycles. The number of nitrogens with zero attached hydrogens (tertiary/aromatic N) is 1. The van der Waals surface area contributed by atoms with Crippen molar-refractivity contribution in [3.63, 3.8) is 0 Å². The summed E-state index contributed by atoms with van der Waals surface area (Å²) in [4.78, 5) is 26.7. The van der Waals surface area contributed by atoms with E-state index in [2.05, 4.69) is 5.32 Å². The average molecular weight is 330 g/mol. The molecule has 1 atom stereocenters. The molecule has 130 valence electrons. The van der Waals surface area contributed by atoms with Crippen LogP contribution in [0.15, 0.2) is 24.3 Å². The van der Waals surface area contributed by atoms with E-state index >= 15 is 0 Å². The molecule has 1 heterocycles. The fourth-order valence-electron chi connectivity index (χ4n) is 3.54. The van der Waals surface area contributed by atoms with Gasteiger partial charge in [-0.2, -0.15) is 0 Å². The lowest BCUT2D eigenvalue weighted by Gasteiger charge is -2.33. The van der Waals surface area contributed by atoms with Crippen LogP contribution in [0.4, 0.5) is 5.69 Å². The van der Waals surface area contributed by atoms with Crippen LogP contribution >= 0.6 is 0 Å². The molecule has 1 aromatic carbocycles. The second-order valence-corrected chi connectivity index (χ2v) is 6.66. The third-order valence-electron chi connectivity index (χ3n) is 4.86. The van der Waals surface area contributed by atoms with Gasteiger partial charge in [-0.15, -0.1) is 0 Å². The number of fused-ring (bicyclic) bond motifs is 1. The summed E-state index contributed by atoms with van der Waals surface area (Å²) in [7, 11) is 0. The Morgan fingerprint density at radius 3 is 2.62 bits per heavy atom. The highest BCUT2D eigenvalue weighted by Crippen LogP contribution is 2.34. The molecule has 24 heavy (non-hydrogen) atoms. The first kappa shape index (κ1) is 16.8. The first-order valence-corrected chi connectivity index (χ1v) is 9.05. The van der Waals surface area contributed by atoms with Gasteiger partial charge in [-0.1, -0.05) is 44.7 Å². The Morgan fingerprint density at radius 1 is 1.21 bits per heavy atom. The number of hydrogen-bond donors (Lipinski definition) is 1. The molecule has 0 bridgehead atoms. The number of benzene rings is 1. The second-order valence-electron chi connectivity index (χ2n) is 6.66. The van der Waals surface area contributed by atoms with Crippen LogP contribution in [-0.4, -0.2) is 30.5 Å². The predicted octanol–water partition coefficient (Wildman–Crippen LogP) is 3.03. The maximum Gasteiger partial charge on any atom is 0.268 e. The monoisotopic (exact) mass is 330 g/mol. The van der Waals surface area contributed by atoms with Crippen molar-refractivity contribution in [1.29, 1.82) is 0 Å². The molecule has 5 heteroatoms. The van der Waals surface area contributed by atoms with Gasteiger partial charge in [0.15, 0.2) is 6.10 Å². The molecule has 5 nitrogen and oxygen atoms in total. The molecule has 0 radical (unpaired) electrons. The van der Waals surface area contributed by atoms with E-state index in [1.54, 1.807) is 4.90 Å². The van der Waals surface area contributed by atoms with Crippen LogP contribution in [-0.2, 0) is 9.59 Å². The number of rotatable bonds is 4. The average Bonchev–Trinajstić information content (AvgIpc) is 2.85. The summed E-state index contributed by atoms with van der Waals surface area (Å²) in [6.07, 6.45) is 7.00. The van der Waals surface area contributed by atoms with Crippen LogP contribution in [0.1, 0.15) is 51.9 Å². The normalized spacial score (nSPS) is 21.6. The first-order valence-electron chi connectivity index (χ1n) is 9.05. The molecule has 1 aromatic rings. The molecule has 1 fully saturated rings. The summed E-state index contributed by atoms with van der Waals surface area (Å²) >= 11 is 0. The molecule has 1 unspecified atom stereocenters. The molecule has 0 aromatic heterocycles. The van der Waals surface area contributed by atoms with Crippen molar-refractivity contribution >= 4 is 17.5 Å². The number of anilines is 1. The Bertz CT molecular complexity index is 594. The lowest BCUT2D eigenvalue weighted by atomic mass is 10.1. The Hall–Kier alpha value is -2.04. The number of nitrogens with one attached hydrogen (secondary N) is 1. The molecule has 1 aliphatic carbocycles. The Labute approximate surface area is 143 Å².